The Morgan fingerprint density at radius 3 is 2.73 bits per heavy atom. The molecule has 3 aromatic rings. The van der Waals surface area contributed by atoms with E-state index in [4.69, 9.17) is 16.3 Å². The van der Waals surface area contributed by atoms with Gasteiger partial charge in [-0.05, 0) is 38.1 Å². The molecule has 0 saturated heterocycles. The Morgan fingerprint density at radius 2 is 2.07 bits per heavy atom. The SMILES string of the molecule is CCC(=O)COc1cc2cc(Nc3nc(NC)ncc3Cl)ccc2n(C(C)C)c1=O. The summed E-state index contributed by atoms with van der Waals surface area (Å²) in [6.07, 6.45) is 1.87. The van der Waals surface area contributed by atoms with Gasteiger partial charge in [0.2, 0.25) is 5.95 Å². The van der Waals surface area contributed by atoms with Crippen LogP contribution in [0.1, 0.15) is 33.2 Å². The first-order valence-corrected chi connectivity index (χ1v) is 10.0. The molecule has 0 atom stereocenters. The molecule has 2 N–H and O–H groups in total. The van der Waals surface area contributed by atoms with E-state index < -0.39 is 0 Å². The summed E-state index contributed by atoms with van der Waals surface area (Å²) in [4.78, 5) is 32.9. The molecule has 2 heterocycles. The molecule has 0 unspecified atom stereocenters. The van der Waals surface area contributed by atoms with E-state index in [-0.39, 0.29) is 29.7 Å². The van der Waals surface area contributed by atoms with E-state index in [1.165, 1.54) is 6.20 Å². The normalized spacial score (nSPS) is 11.0. The summed E-state index contributed by atoms with van der Waals surface area (Å²) >= 11 is 6.21. The largest absolute Gasteiger partial charge is 0.480 e. The van der Waals surface area contributed by atoms with E-state index in [0.29, 0.717) is 23.2 Å². The Labute approximate surface area is 179 Å². The van der Waals surface area contributed by atoms with Gasteiger partial charge in [-0.1, -0.05) is 18.5 Å². The summed E-state index contributed by atoms with van der Waals surface area (Å²) in [6, 6.07) is 7.15. The molecule has 0 spiro atoms. The number of benzene rings is 1. The fourth-order valence-corrected chi connectivity index (χ4v) is 3.13. The fourth-order valence-electron chi connectivity index (χ4n) is 2.99. The van der Waals surface area contributed by atoms with Crippen molar-refractivity contribution in [3.8, 4) is 5.75 Å². The second-order valence-corrected chi connectivity index (χ2v) is 7.40. The Kier molecular flexibility index (Phi) is 6.56. The fraction of sp³-hybridized carbons (Fsp3) is 0.333. The lowest BCUT2D eigenvalue weighted by atomic mass is 10.1. The zero-order chi connectivity index (χ0) is 21.8. The van der Waals surface area contributed by atoms with Crippen molar-refractivity contribution in [2.75, 3.05) is 24.3 Å². The third-order valence-corrected chi connectivity index (χ3v) is 4.81. The molecule has 0 amide bonds. The number of hydrogen-bond acceptors (Lipinski definition) is 7. The molecule has 158 valence electrons. The van der Waals surface area contributed by atoms with Crippen LogP contribution in [-0.2, 0) is 4.79 Å². The minimum Gasteiger partial charge on any atom is -0.480 e. The molecule has 1 aromatic carbocycles. The van der Waals surface area contributed by atoms with Gasteiger partial charge in [0.05, 0.1) is 11.7 Å². The van der Waals surface area contributed by atoms with Gasteiger partial charge in [-0.15, -0.1) is 0 Å². The molecule has 9 heteroatoms. The number of halogens is 1. The van der Waals surface area contributed by atoms with Crippen LogP contribution in [0.3, 0.4) is 0 Å². The zero-order valence-electron chi connectivity index (χ0n) is 17.3. The van der Waals surface area contributed by atoms with Gasteiger partial charge in [0, 0.05) is 30.6 Å². The van der Waals surface area contributed by atoms with E-state index >= 15 is 0 Å². The Hall–Kier alpha value is -3.13. The average molecular weight is 430 g/mol. The van der Waals surface area contributed by atoms with Crippen LogP contribution >= 0.6 is 11.6 Å². The third-order valence-electron chi connectivity index (χ3n) is 4.53. The van der Waals surface area contributed by atoms with Gasteiger partial charge >= 0.3 is 0 Å². The van der Waals surface area contributed by atoms with E-state index in [0.717, 1.165) is 16.6 Å². The third kappa shape index (κ3) is 4.54. The molecule has 0 aliphatic heterocycles. The first kappa shape index (κ1) is 21.6. The lowest BCUT2D eigenvalue weighted by molar-refractivity contribution is -0.120. The van der Waals surface area contributed by atoms with Crippen molar-refractivity contribution < 1.29 is 9.53 Å². The number of aromatic nitrogens is 3. The van der Waals surface area contributed by atoms with Crippen LogP contribution in [0.4, 0.5) is 17.5 Å². The molecule has 30 heavy (non-hydrogen) atoms. The first-order chi connectivity index (χ1) is 14.3. The summed E-state index contributed by atoms with van der Waals surface area (Å²) in [7, 11) is 1.72. The molecule has 8 nitrogen and oxygen atoms in total. The molecular weight excluding hydrogens is 406 g/mol. The van der Waals surface area contributed by atoms with E-state index in [9.17, 15) is 9.59 Å². The summed E-state index contributed by atoms with van der Waals surface area (Å²) in [5.74, 6) is 0.970. The highest BCUT2D eigenvalue weighted by Crippen LogP contribution is 2.28. The topological polar surface area (TPSA) is 98.1 Å². The number of ketones is 1. The van der Waals surface area contributed by atoms with Crippen molar-refractivity contribution in [3.05, 3.63) is 45.8 Å². The minimum absolute atomic E-state index is 0.0697. The number of nitrogens with one attached hydrogen (secondary N) is 2. The molecule has 0 fully saturated rings. The molecule has 0 aliphatic carbocycles. The maximum absolute atomic E-state index is 12.9. The van der Waals surface area contributed by atoms with Crippen molar-refractivity contribution in [1.29, 1.82) is 0 Å². The average Bonchev–Trinajstić information content (AvgIpc) is 2.73. The summed E-state index contributed by atoms with van der Waals surface area (Å²) in [6.45, 7) is 5.48. The van der Waals surface area contributed by atoms with Gasteiger partial charge in [0.25, 0.3) is 5.56 Å². The van der Waals surface area contributed by atoms with Gasteiger partial charge < -0.3 is 19.9 Å². The lowest BCUT2D eigenvalue weighted by Gasteiger charge is -2.17. The van der Waals surface area contributed by atoms with Crippen LogP contribution in [0.25, 0.3) is 10.9 Å². The second-order valence-electron chi connectivity index (χ2n) is 7.00. The predicted octanol–water partition coefficient (Wildman–Crippen LogP) is 4.17. The van der Waals surface area contributed by atoms with E-state index in [1.807, 2.05) is 32.0 Å². The molecule has 0 aliphatic rings. The van der Waals surface area contributed by atoms with Crippen molar-refractivity contribution >= 4 is 45.7 Å². The monoisotopic (exact) mass is 429 g/mol. The molecular formula is C21H24ClN5O3. The Balaban J connectivity index is 2.05. The molecule has 2 aromatic heterocycles. The van der Waals surface area contributed by atoms with Gasteiger partial charge in [-0.2, -0.15) is 4.98 Å². The number of nitrogens with zero attached hydrogens (tertiary/aromatic N) is 3. The number of anilines is 3. The van der Waals surface area contributed by atoms with Crippen LogP contribution in [0.15, 0.2) is 35.3 Å². The van der Waals surface area contributed by atoms with Crippen molar-refractivity contribution in [3.63, 3.8) is 0 Å². The van der Waals surface area contributed by atoms with Crippen LogP contribution < -0.4 is 20.9 Å². The maximum atomic E-state index is 12.9. The standard InChI is InChI=1S/C21H24ClN5O3/c1-5-15(28)11-30-18-9-13-8-14(6-7-17(13)27(12(2)3)20(18)29)25-19-16(22)10-24-21(23-4)26-19/h6-10,12H,5,11H2,1-4H3,(H2,23,24,25,26). The zero-order valence-corrected chi connectivity index (χ0v) is 18.1. The second kappa shape index (κ2) is 9.13. The number of Topliss-reactive ketones (excluding diaryl/α,β-unsaturated/α-hetero) is 1. The van der Waals surface area contributed by atoms with Crippen LogP contribution in [0, 0.1) is 0 Å². The number of rotatable bonds is 8. The lowest BCUT2D eigenvalue weighted by Crippen LogP contribution is -2.25. The highest BCUT2D eigenvalue weighted by molar-refractivity contribution is 6.32. The first-order valence-electron chi connectivity index (χ1n) is 9.65. The molecule has 0 saturated carbocycles. The van der Waals surface area contributed by atoms with E-state index in [2.05, 4.69) is 20.6 Å². The Bertz CT molecular complexity index is 1140. The van der Waals surface area contributed by atoms with Crippen LogP contribution in [0.2, 0.25) is 5.02 Å². The van der Waals surface area contributed by atoms with Gasteiger partial charge in [-0.25, -0.2) is 4.98 Å². The molecule has 3 rings (SSSR count). The maximum Gasteiger partial charge on any atom is 0.293 e. The van der Waals surface area contributed by atoms with Crippen molar-refractivity contribution in [1.82, 2.24) is 14.5 Å². The predicted molar refractivity (Wildman–Crippen MR) is 119 cm³/mol. The van der Waals surface area contributed by atoms with E-state index in [1.54, 1.807) is 24.6 Å². The molecule has 0 bridgehead atoms. The van der Waals surface area contributed by atoms with Crippen LogP contribution in [0.5, 0.6) is 5.75 Å². The van der Waals surface area contributed by atoms with Gasteiger partial charge in [0.15, 0.2) is 17.4 Å². The smallest absolute Gasteiger partial charge is 0.293 e. The van der Waals surface area contributed by atoms with Crippen molar-refractivity contribution in [2.24, 2.45) is 0 Å². The summed E-state index contributed by atoms with van der Waals surface area (Å²) < 4.78 is 7.20. The summed E-state index contributed by atoms with van der Waals surface area (Å²) in [5.41, 5.74) is 1.23. The number of fused-ring (bicyclic) bond motifs is 1. The minimum atomic E-state index is -0.264. The van der Waals surface area contributed by atoms with Crippen LogP contribution in [-0.4, -0.2) is 34.0 Å². The van der Waals surface area contributed by atoms with Gasteiger partial charge in [-0.3, -0.25) is 9.59 Å². The molecule has 0 radical (unpaired) electrons. The van der Waals surface area contributed by atoms with Gasteiger partial charge in [0.1, 0.15) is 11.6 Å². The highest BCUT2D eigenvalue weighted by atomic mass is 35.5. The number of pyridine rings is 1. The number of ether oxygens (including phenoxy) is 1. The number of carbonyl (C=O) groups is 1. The van der Waals surface area contributed by atoms with Crippen molar-refractivity contribution in [2.45, 2.75) is 33.2 Å². The highest BCUT2D eigenvalue weighted by Gasteiger charge is 2.15. The number of hydrogen-bond donors (Lipinski definition) is 2. The number of carbonyl (C=O) groups excluding carboxylic acids is 1. The quantitative estimate of drug-likeness (QED) is 0.554. The summed E-state index contributed by atoms with van der Waals surface area (Å²) in [5, 5.41) is 7.21. The Morgan fingerprint density at radius 1 is 1.30 bits per heavy atom.